The minimum Gasteiger partial charge on any atom is -0.504 e. The topological polar surface area (TPSA) is 80.9 Å². The molecule has 1 aromatic carbocycles. The van der Waals surface area contributed by atoms with Crippen molar-refractivity contribution in [3.05, 3.63) is 23.8 Å². The van der Waals surface area contributed by atoms with Gasteiger partial charge in [-0.05, 0) is 24.1 Å². The second-order valence-electron chi connectivity index (χ2n) is 3.24. The van der Waals surface area contributed by atoms with E-state index < -0.39 is 12.2 Å². The fourth-order valence-electron chi connectivity index (χ4n) is 1.22. The maximum absolute atomic E-state index is 9.63. The summed E-state index contributed by atoms with van der Waals surface area (Å²) in [5.41, 5.74) is 0.336. The Morgan fingerprint density at radius 3 is 2.33 bits per heavy atom. The molecular weight excluding hydrogens is 220 g/mol. The number of alkyl halides is 1. The standard InChI is InChI=1S/C10H13ClO4/c11-4-3-8(13)10(15)6-1-2-7(12)9(14)5-6/h1-2,5,8,10,12-15H,3-4H2. The molecular formula is C10H13ClO4. The molecule has 1 rings (SSSR count). The van der Waals surface area contributed by atoms with E-state index in [9.17, 15) is 15.3 Å². The van der Waals surface area contributed by atoms with Crippen LogP contribution in [0.15, 0.2) is 18.2 Å². The zero-order valence-electron chi connectivity index (χ0n) is 7.97. The number of aromatic hydroxyl groups is 2. The van der Waals surface area contributed by atoms with Gasteiger partial charge >= 0.3 is 0 Å². The van der Waals surface area contributed by atoms with Gasteiger partial charge in [-0.2, -0.15) is 0 Å². The van der Waals surface area contributed by atoms with Crippen molar-refractivity contribution in [3.63, 3.8) is 0 Å². The summed E-state index contributed by atoms with van der Waals surface area (Å²) in [5.74, 6) is -0.357. The van der Waals surface area contributed by atoms with Crippen LogP contribution in [0.4, 0.5) is 0 Å². The van der Waals surface area contributed by atoms with Gasteiger partial charge in [0.1, 0.15) is 6.10 Å². The Morgan fingerprint density at radius 1 is 1.13 bits per heavy atom. The van der Waals surface area contributed by atoms with Crippen molar-refractivity contribution in [2.24, 2.45) is 0 Å². The van der Waals surface area contributed by atoms with Gasteiger partial charge < -0.3 is 20.4 Å². The molecule has 0 aliphatic rings. The first-order valence-corrected chi connectivity index (χ1v) is 5.03. The number of hydrogen-bond donors (Lipinski definition) is 4. The molecule has 2 unspecified atom stereocenters. The number of hydrogen-bond acceptors (Lipinski definition) is 4. The minimum atomic E-state index is -1.12. The molecule has 4 nitrogen and oxygen atoms in total. The highest BCUT2D eigenvalue weighted by Crippen LogP contribution is 2.29. The predicted octanol–water partition coefficient (Wildman–Crippen LogP) is 1.12. The van der Waals surface area contributed by atoms with Crippen molar-refractivity contribution in [3.8, 4) is 11.5 Å². The van der Waals surface area contributed by atoms with E-state index in [-0.39, 0.29) is 23.8 Å². The summed E-state index contributed by atoms with van der Waals surface area (Å²) in [6, 6.07) is 3.88. The lowest BCUT2D eigenvalue weighted by molar-refractivity contribution is 0.0168. The van der Waals surface area contributed by atoms with E-state index in [1.54, 1.807) is 0 Å². The fourth-order valence-corrected chi connectivity index (χ4v) is 1.44. The molecule has 0 fully saturated rings. The molecule has 0 bridgehead atoms. The Labute approximate surface area is 92.4 Å². The van der Waals surface area contributed by atoms with Gasteiger partial charge in [0.15, 0.2) is 11.5 Å². The highest BCUT2D eigenvalue weighted by atomic mass is 35.5. The van der Waals surface area contributed by atoms with Crippen LogP contribution in [0, 0.1) is 0 Å². The number of phenolic OH excluding ortho intramolecular Hbond substituents is 2. The molecule has 0 radical (unpaired) electrons. The Balaban J connectivity index is 2.81. The summed E-state index contributed by atoms with van der Waals surface area (Å²) >= 11 is 5.42. The van der Waals surface area contributed by atoms with E-state index in [2.05, 4.69) is 0 Å². The minimum absolute atomic E-state index is 0.238. The third-order valence-electron chi connectivity index (χ3n) is 2.11. The summed E-state index contributed by atoms with van der Waals surface area (Å²) in [6.07, 6.45) is -1.84. The molecule has 0 aromatic heterocycles. The van der Waals surface area contributed by atoms with Crippen molar-refractivity contribution < 1.29 is 20.4 Å². The summed E-state index contributed by atoms with van der Waals surface area (Å²) in [6.45, 7) is 0. The van der Waals surface area contributed by atoms with Gasteiger partial charge in [0.2, 0.25) is 0 Å². The molecule has 1 aromatic rings. The Morgan fingerprint density at radius 2 is 1.80 bits per heavy atom. The lowest BCUT2D eigenvalue weighted by Gasteiger charge is -2.17. The normalized spacial score (nSPS) is 14.9. The second kappa shape index (κ2) is 5.21. The lowest BCUT2D eigenvalue weighted by atomic mass is 10.0. The van der Waals surface area contributed by atoms with E-state index in [0.29, 0.717) is 5.56 Å². The number of aliphatic hydroxyl groups excluding tert-OH is 2. The zero-order valence-corrected chi connectivity index (χ0v) is 8.72. The largest absolute Gasteiger partial charge is 0.504 e. The van der Waals surface area contributed by atoms with Gasteiger partial charge in [0.05, 0.1) is 6.10 Å². The molecule has 5 heteroatoms. The summed E-state index contributed by atoms with van der Waals surface area (Å²) in [4.78, 5) is 0. The maximum atomic E-state index is 9.63. The maximum Gasteiger partial charge on any atom is 0.157 e. The SMILES string of the molecule is Oc1ccc(C(O)C(O)CCCl)cc1O. The molecule has 0 heterocycles. The molecule has 0 aliphatic carbocycles. The van der Waals surface area contributed by atoms with Crippen molar-refractivity contribution in [1.82, 2.24) is 0 Å². The van der Waals surface area contributed by atoms with Gasteiger partial charge in [0.25, 0.3) is 0 Å². The second-order valence-corrected chi connectivity index (χ2v) is 3.62. The van der Waals surface area contributed by atoms with E-state index in [1.165, 1.54) is 18.2 Å². The lowest BCUT2D eigenvalue weighted by Crippen LogP contribution is -2.18. The van der Waals surface area contributed by atoms with Crippen LogP contribution < -0.4 is 0 Å². The van der Waals surface area contributed by atoms with Gasteiger partial charge in [-0.15, -0.1) is 11.6 Å². The Hall–Kier alpha value is -0.970. The van der Waals surface area contributed by atoms with Crippen LogP contribution in [0.1, 0.15) is 18.1 Å². The molecule has 4 N–H and O–H groups in total. The number of halogens is 1. The number of rotatable bonds is 4. The van der Waals surface area contributed by atoms with E-state index in [0.717, 1.165) is 0 Å². The monoisotopic (exact) mass is 232 g/mol. The van der Waals surface area contributed by atoms with Gasteiger partial charge in [-0.3, -0.25) is 0 Å². The van der Waals surface area contributed by atoms with Crippen LogP contribution >= 0.6 is 11.6 Å². The highest BCUT2D eigenvalue weighted by Gasteiger charge is 2.18. The van der Waals surface area contributed by atoms with Crippen LogP contribution in [-0.4, -0.2) is 32.4 Å². The van der Waals surface area contributed by atoms with Crippen LogP contribution in [-0.2, 0) is 0 Å². The van der Waals surface area contributed by atoms with Crippen LogP contribution in [0.2, 0.25) is 0 Å². The average molecular weight is 233 g/mol. The van der Waals surface area contributed by atoms with Gasteiger partial charge in [0, 0.05) is 5.88 Å². The summed E-state index contributed by atoms with van der Waals surface area (Å²) in [7, 11) is 0. The van der Waals surface area contributed by atoms with Crippen molar-refractivity contribution in [2.75, 3.05) is 5.88 Å². The Bertz CT molecular complexity index is 329. The first kappa shape index (κ1) is 12.1. The zero-order chi connectivity index (χ0) is 11.4. The summed E-state index contributed by atoms with van der Waals surface area (Å²) < 4.78 is 0. The molecule has 0 amide bonds. The first-order valence-electron chi connectivity index (χ1n) is 4.50. The molecule has 84 valence electrons. The fraction of sp³-hybridized carbons (Fsp3) is 0.400. The molecule has 2 atom stereocenters. The van der Waals surface area contributed by atoms with Crippen molar-refractivity contribution >= 4 is 11.6 Å². The van der Waals surface area contributed by atoms with Crippen LogP contribution in [0.5, 0.6) is 11.5 Å². The van der Waals surface area contributed by atoms with Gasteiger partial charge in [-0.25, -0.2) is 0 Å². The quantitative estimate of drug-likeness (QED) is 0.463. The molecule has 15 heavy (non-hydrogen) atoms. The van der Waals surface area contributed by atoms with Crippen LogP contribution in [0.25, 0.3) is 0 Å². The molecule has 0 saturated heterocycles. The van der Waals surface area contributed by atoms with Gasteiger partial charge in [-0.1, -0.05) is 6.07 Å². The first-order chi connectivity index (χ1) is 7.06. The third-order valence-corrected chi connectivity index (χ3v) is 2.33. The van der Waals surface area contributed by atoms with Crippen molar-refractivity contribution in [2.45, 2.75) is 18.6 Å². The Kier molecular flexibility index (Phi) is 4.20. The van der Waals surface area contributed by atoms with Crippen molar-refractivity contribution in [1.29, 1.82) is 0 Å². The molecule has 0 saturated carbocycles. The van der Waals surface area contributed by atoms with E-state index in [4.69, 9.17) is 16.7 Å². The molecule has 0 spiro atoms. The smallest absolute Gasteiger partial charge is 0.157 e. The van der Waals surface area contributed by atoms with E-state index in [1.807, 2.05) is 0 Å². The predicted molar refractivity (Wildman–Crippen MR) is 56.1 cm³/mol. The third kappa shape index (κ3) is 2.99. The number of phenols is 2. The highest BCUT2D eigenvalue weighted by molar-refractivity contribution is 6.17. The average Bonchev–Trinajstić information content (AvgIpc) is 2.21. The number of aliphatic hydroxyl groups is 2. The van der Waals surface area contributed by atoms with E-state index >= 15 is 0 Å². The number of benzene rings is 1. The molecule has 0 aliphatic heterocycles. The summed E-state index contributed by atoms with van der Waals surface area (Å²) in [5, 5.41) is 37.3. The van der Waals surface area contributed by atoms with Crippen LogP contribution in [0.3, 0.4) is 0 Å².